The molecule has 0 radical (unpaired) electrons. The van der Waals surface area contributed by atoms with Crippen LogP contribution in [0.15, 0.2) is 0 Å². The van der Waals surface area contributed by atoms with Crippen molar-refractivity contribution in [2.75, 3.05) is 6.61 Å². The second kappa shape index (κ2) is 5.09. The number of carbonyl (C=O) groups is 1. The van der Waals surface area contributed by atoms with Gasteiger partial charge in [-0.3, -0.25) is 0 Å². The molecule has 1 unspecified atom stereocenters. The van der Waals surface area contributed by atoms with Crippen LogP contribution in [0.4, 0.5) is 4.79 Å². The molecule has 1 heterocycles. The van der Waals surface area contributed by atoms with Crippen LogP contribution >= 0.6 is 0 Å². The minimum Gasteiger partial charge on any atom is -0.430 e. The van der Waals surface area contributed by atoms with Crippen molar-refractivity contribution >= 4 is 6.16 Å². The summed E-state index contributed by atoms with van der Waals surface area (Å²) < 4.78 is 8.90. The molecular weight excluding hydrogens is 132 g/mol. The first-order valence-corrected chi connectivity index (χ1v) is 3.54. The summed E-state index contributed by atoms with van der Waals surface area (Å²) in [7, 11) is 0. The lowest BCUT2D eigenvalue weighted by Crippen LogP contribution is -2.01. The first kappa shape index (κ1) is 9.27. The molecule has 1 saturated heterocycles. The summed E-state index contributed by atoms with van der Waals surface area (Å²) >= 11 is 0. The number of hydrogen-bond donors (Lipinski definition) is 0. The molecule has 10 heavy (non-hydrogen) atoms. The molecule has 0 aromatic rings. The van der Waals surface area contributed by atoms with E-state index in [1.807, 2.05) is 0 Å². The third-order valence-electron chi connectivity index (χ3n) is 0.733. The molecule has 0 aliphatic carbocycles. The molecule has 60 valence electrons. The summed E-state index contributed by atoms with van der Waals surface area (Å²) in [5.41, 5.74) is 0. The van der Waals surface area contributed by atoms with Gasteiger partial charge in [0, 0.05) is 0 Å². The maximum atomic E-state index is 10.0. The van der Waals surface area contributed by atoms with Gasteiger partial charge in [0.05, 0.1) is 0 Å². The van der Waals surface area contributed by atoms with Crippen LogP contribution in [-0.4, -0.2) is 18.9 Å². The quantitative estimate of drug-likeness (QED) is 0.490. The smallest absolute Gasteiger partial charge is 0.430 e. The number of cyclic esters (lactones) is 2. The molecule has 1 atom stereocenters. The molecule has 0 saturated carbocycles. The van der Waals surface area contributed by atoms with E-state index in [9.17, 15) is 4.79 Å². The van der Waals surface area contributed by atoms with E-state index < -0.39 is 6.16 Å². The molecule has 0 bridgehead atoms. The normalized spacial score (nSPS) is 22.3. The van der Waals surface area contributed by atoms with Gasteiger partial charge in [-0.25, -0.2) is 4.79 Å². The monoisotopic (exact) mass is 146 g/mol. The first-order chi connectivity index (χ1) is 4.70. The lowest BCUT2D eigenvalue weighted by Gasteiger charge is -1.90. The molecule has 0 aromatic carbocycles. The lowest BCUT2D eigenvalue weighted by molar-refractivity contribution is 0.121. The SMILES string of the molecule is CC1COC(=O)O1.CCC. The summed E-state index contributed by atoms with van der Waals surface area (Å²) in [6, 6.07) is 0. The van der Waals surface area contributed by atoms with Gasteiger partial charge in [0.15, 0.2) is 0 Å². The van der Waals surface area contributed by atoms with Gasteiger partial charge in [-0.2, -0.15) is 0 Å². The highest BCUT2D eigenvalue weighted by Crippen LogP contribution is 2.02. The van der Waals surface area contributed by atoms with E-state index in [1.54, 1.807) is 6.92 Å². The van der Waals surface area contributed by atoms with E-state index in [4.69, 9.17) is 0 Å². The van der Waals surface area contributed by atoms with Crippen LogP contribution in [0.5, 0.6) is 0 Å². The van der Waals surface area contributed by atoms with Crippen LogP contribution in [-0.2, 0) is 9.47 Å². The standard InChI is InChI=1S/C4H6O3.C3H8/c1-3-2-6-4(5)7-3;1-3-2/h3H,2H2,1H3;3H2,1-2H3. The Kier molecular flexibility index (Phi) is 4.72. The van der Waals surface area contributed by atoms with Gasteiger partial charge in [0.25, 0.3) is 0 Å². The molecule has 3 heteroatoms. The molecule has 1 aliphatic heterocycles. The highest BCUT2D eigenvalue weighted by molar-refractivity contribution is 5.61. The van der Waals surface area contributed by atoms with Crippen LogP contribution in [0.2, 0.25) is 0 Å². The Morgan fingerprint density at radius 1 is 1.60 bits per heavy atom. The fourth-order valence-electron chi connectivity index (χ4n) is 0.418. The van der Waals surface area contributed by atoms with E-state index in [0.29, 0.717) is 6.61 Å². The number of ether oxygens (including phenoxy) is 2. The highest BCUT2D eigenvalue weighted by Gasteiger charge is 2.19. The molecule has 0 aromatic heterocycles. The van der Waals surface area contributed by atoms with Gasteiger partial charge in [-0.05, 0) is 6.92 Å². The van der Waals surface area contributed by atoms with Gasteiger partial charge in [0.2, 0.25) is 0 Å². The fraction of sp³-hybridized carbons (Fsp3) is 0.857. The minimum absolute atomic E-state index is 0.0486. The van der Waals surface area contributed by atoms with E-state index in [2.05, 4.69) is 23.3 Å². The maximum absolute atomic E-state index is 10.0. The summed E-state index contributed by atoms with van der Waals surface area (Å²) in [6.07, 6.45) is 0.653. The Bertz CT molecular complexity index is 101. The van der Waals surface area contributed by atoms with E-state index in [0.717, 1.165) is 0 Å². The zero-order chi connectivity index (χ0) is 7.98. The summed E-state index contributed by atoms with van der Waals surface area (Å²) in [4.78, 5) is 10.0. The lowest BCUT2D eigenvalue weighted by atomic mass is 10.5. The Morgan fingerprint density at radius 3 is 2.20 bits per heavy atom. The average Bonchev–Trinajstić information content (AvgIpc) is 2.17. The third kappa shape index (κ3) is 4.18. The van der Waals surface area contributed by atoms with Crippen molar-refractivity contribution in [3.63, 3.8) is 0 Å². The average molecular weight is 146 g/mol. The van der Waals surface area contributed by atoms with E-state index in [-0.39, 0.29) is 6.10 Å². The van der Waals surface area contributed by atoms with Crippen molar-refractivity contribution in [1.29, 1.82) is 0 Å². The maximum Gasteiger partial charge on any atom is 0.508 e. The Labute approximate surface area is 61.3 Å². The van der Waals surface area contributed by atoms with Gasteiger partial charge in [-0.15, -0.1) is 0 Å². The van der Waals surface area contributed by atoms with Crippen LogP contribution in [0.1, 0.15) is 27.2 Å². The largest absolute Gasteiger partial charge is 0.508 e. The van der Waals surface area contributed by atoms with Crippen LogP contribution in [0, 0.1) is 0 Å². The highest BCUT2D eigenvalue weighted by atomic mass is 16.8. The third-order valence-corrected chi connectivity index (χ3v) is 0.733. The Hall–Kier alpha value is -0.730. The molecule has 0 spiro atoms. The van der Waals surface area contributed by atoms with E-state index >= 15 is 0 Å². The summed E-state index contributed by atoms with van der Waals surface area (Å²) in [5, 5.41) is 0. The molecule has 1 fully saturated rings. The number of hydrogen-bond acceptors (Lipinski definition) is 3. The van der Waals surface area contributed by atoms with Gasteiger partial charge >= 0.3 is 6.16 Å². The van der Waals surface area contributed by atoms with Gasteiger partial charge in [-0.1, -0.05) is 20.3 Å². The number of carbonyl (C=O) groups excluding carboxylic acids is 1. The molecule has 3 nitrogen and oxygen atoms in total. The molecule has 0 amide bonds. The second-order valence-corrected chi connectivity index (χ2v) is 2.20. The van der Waals surface area contributed by atoms with Gasteiger partial charge < -0.3 is 9.47 Å². The van der Waals surface area contributed by atoms with E-state index in [1.165, 1.54) is 6.42 Å². The summed E-state index contributed by atoms with van der Waals surface area (Å²) in [6.45, 7) is 6.43. The topological polar surface area (TPSA) is 35.5 Å². The molecule has 0 N–H and O–H groups in total. The van der Waals surface area contributed by atoms with Gasteiger partial charge in [0.1, 0.15) is 12.7 Å². The van der Waals surface area contributed by atoms with Crippen LogP contribution in [0.3, 0.4) is 0 Å². The second-order valence-electron chi connectivity index (χ2n) is 2.20. The molecule has 1 aliphatic rings. The van der Waals surface area contributed by atoms with Crippen molar-refractivity contribution in [1.82, 2.24) is 0 Å². The van der Waals surface area contributed by atoms with Crippen LogP contribution < -0.4 is 0 Å². The predicted molar refractivity (Wildman–Crippen MR) is 37.9 cm³/mol. The number of rotatable bonds is 0. The molecular formula is C7H14O3. The van der Waals surface area contributed by atoms with Crippen molar-refractivity contribution in [3.8, 4) is 0 Å². The molecule has 1 rings (SSSR count). The summed E-state index contributed by atoms with van der Waals surface area (Å²) in [5.74, 6) is 0. The first-order valence-electron chi connectivity index (χ1n) is 3.54. The van der Waals surface area contributed by atoms with Crippen molar-refractivity contribution < 1.29 is 14.3 Å². The minimum atomic E-state index is -0.549. The van der Waals surface area contributed by atoms with Crippen molar-refractivity contribution in [2.24, 2.45) is 0 Å². The Morgan fingerprint density at radius 2 is 2.10 bits per heavy atom. The Balaban J connectivity index is 0.000000236. The zero-order valence-electron chi connectivity index (χ0n) is 6.72. The fourth-order valence-corrected chi connectivity index (χ4v) is 0.418. The van der Waals surface area contributed by atoms with Crippen molar-refractivity contribution in [2.45, 2.75) is 33.3 Å². The van der Waals surface area contributed by atoms with Crippen molar-refractivity contribution in [3.05, 3.63) is 0 Å². The zero-order valence-corrected chi connectivity index (χ0v) is 6.72. The van der Waals surface area contributed by atoms with Crippen LogP contribution in [0.25, 0.3) is 0 Å². The predicted octanol–water partition coefficient (Wildman–Crippen LogP) is 1.96.